The Hall–Kier alpha value is -4.38. The molecule has 0 spiro atoms. The lowest BCUT2D eigenvalue weighted by molar-refractivity contribution is -0.122. The Morgan fingerprint density at radius 3 is 2.41 bits per heavy atom. The summed E-state index contributed by atoms with van der Waals surface area (Å²) < 4.78 is 38.9. The van der Waals surface area contributed by atoms with Gasteiger partial charge in [-0.05, 0) is 68.3 Å². The Labute approximate surface area is 226 Å². The van der Waals surface area contributed by atoms with E-state index >= 15 is 0 Å². The molecule has 11 heteroatoms. The van der Waals surface area contributed by atoms with E-state index in [9.17, 15) is 22.4 Å². The number of carbonyl (C=O) groups excluding carboxylic acids is 2. The smallest absolute Gasteiger partial charge is 0.277 e. The van der Waals surface area contributed by atoms with E-state index in [1.54, 1.807) is 44.3 Å². The fraction of sp³-hybridized carbons (Fsp3) is 0.214. The van der Waals surface area contributed by atoms with Crippen molar-refractivity contribution in [3.05, 3.63) is 108 Å². The van der Waals surface area contributed by atoms with Gasteiger partial charge in [0.2, 0.25) is 5.91 Å². The molecule has 0 aliphatic rings. The van der Waals surface area contributed by atoms with Gasteiger partial charge in [-0.3, -0.25) is 19.5 Å². The molecule has 0 bridgehead atoms. The molecule has 202 valence electrons. The summed E-state index contributed by atoms with van der Waals surface area (Å²) in [6.45, 7) is 3.37. The average Bonchev–Trinajstić information content (AvgIpc) is 3.47. The van der Waals surface area contributed by atoms with Crippen LogP contribution in [0.3, 0.4) is 0 Å². The highest BCUT2D eigenvalue weighted by Gasteiger charge is 2.34. The van der Waals surface area contributed by atoms with Gasteiger partial charge in [0.05, 0.1) is 22.7 Å². The molecule has 2 heterocycles. The number of sulfone groups is 1. The zero-order valence-corrected chi connectivity index (χ0v) is 22.2. The van der Waals surface area contributed by atoms with Crippen LogP contribution < -0.4 is 10.2 Å². The predicted molar refractivity (Wildman–Crippen MR) is 144 cm³/mol. The fourth-order valence-electron chi connectivity index (χ4n) is 4.03. The second-order valence-corrected chi connectivity index (χ2v) is 11.6. The first kappa shape index (κ1) is 27.6. The number of nitrogens with one attached hydrogen (secondary N) is 2. The fourth-order valence-corrected chi connectivity index (χ4v) is 5.09. The van der Waals surface area contributed by atoms with Crippen LogP contribution in [-0.2, 0) is 21.1 Å². The third-order valence-electron chi connectivity index (χ3n) is 6.12. The van der Waals surface area contributed by atoms with Crippen LogP contribution in [-0.4, -0.2) is 47.0 Å². The molecule has 0 saturated carbocycles. The number of hydrogen-bond acceptors (Lipinski definition) is 6. The third kappa shape index (κ3) is 6.37. The first-order valence-electron chi connectivity index (χ1n) is 12.3. The molecule has 9 nitrogen and oxygen atoms in total. The molecule has 1 unspecified atom stereocenters. The molecular weight excluding hydrogens is 521 g/mol. The first-order valence-corrected chi connectivity index (χ1v) is 13.8. The van der Waals surface area contributed by atoms with Crippen molar-refractivity contribution in [2.75, 3.05) is 11.4 Å². The van der Waals surface area contributed by atoms with E-state index in [1.807, 2.05) is 0 Å². The number of rotatable bonds is 10. The van der Waals surface area contributed by atoms with Gasteiger partial charge >= 0.3 is 0 Å². The summed E-state index contributed by atoms with van der Waals surface area (Å²) in [5, 5.41) is 2.22. The zero-order chi connectivity index (χ0) is 28.0. The summed E-state index contributed by atoms with van der Waals surface area (Å²) in [6.07, 6.45) is 6.10. The van der Waals surface area contributed by atoms with Crippen molar-refractivity contribution < 1.29 is 22.4 Å². The lowest BCUT2D eigenvalue weighted by atomic mass is 10.0. The minimum atomic E-state index is -3.55. The largest absolute Gasteiger partial charge is 0.354 e. The number of aromatic amines is 1. The van der Waals surface area contributed by atoms with Crippen molar-refractivity contribution in [3.63, 3.8) is 0 Å². The number of amides is 2. The summed E-state index contributed by atoms with van der Waals surface area (Å²) in [6, 6.07) is 14.1. The lowest BCUT2D eigenvalue weighted by Gasteiger charge is -2.31. The summed E-state index contributed by atoms with van der Waals surface area (Å²) >= 11 is 0. The Morgan fingerprint density at radius 2 is 1.79 bits per heavy atom. The normalized spacial score (nSPS) is 12.2. The number of aromatic nitrogens is 3. The topological polar surface area (TPSA) is 125 Å². The SMILES string of the molecule is CC(C)S(=O)(=O)c1ccc(N(C(=O)c2cnc[nH]2)C(C(=O)NCCc2cccc(F)c2)c2cccnc2)cc1. The van der Waals surface area contributed by atoms with Gasteiger partial charge in [-0.1, -0.05) is 18.2 Å². The van der Waals surface area contributed by atoms with Crippen LogP contribution in [0, 0.1) is 5.82 Å². The minimum absolute atomic E-state index is 0.104. The average molecular weight is 550 g/mol. The third-order valence-corrected chi connectivity index (χ3v) is 8.29. The molecule has 4 rings (SSSR count). The number of H-pyrrole nitrogens is 1. The van der Waals surface area contributed by atoms with E-state index in [4.69, 9.17) is 0 Å². The monoisotopic (exact) mass is 549 g/mol. The molecule has 2 aromatic carbocycles. The maximum atomic E-state index is 13.7. The van der Waals surface area contributed by atoms with Gasteiger partial charge in [-0.25, -0.2) is 17.8 Å². The number of benzene rings is 2. The molecule has 39 heavy (non-hydrogen) atoms. The predicted octanol–water partition coefficient (Wildman–Crippen LogP) is 3.87. The van der Waals surface area contributed by atoms with Gasteiger partial charge in [-0.2, -0.15) is 0 Å². The summed E-state index contributed by atoms with van der Waals surface area (Å²) in [7, 11) is -3.55. The number of nitrogens with zero attached hydrogens (tertiary/aromatic N) is 3. The Bertz CT molecular complexity index is 1530. The molecule has 2 amide bonds. The molecule has 2 N–H and O–H groups in total. The van der Waals surface area contributed by atoms with Crippen molar-refractivity contribution >= 4 is 27.3 Å². The highest BCUT2D eigenvalue weighted by molar-refractivity contribution is 7.92. The van der Waals surface area contributed by atoms with Crippen LogP contribution in [0.25, 0.3) is 0 Å². The Kier molecular flexibility index (Phi) is 8.50. The number of carbonyl (C=O) groups is 2. The van der Waals surface area contributed by atoms with E-state index in [2.05, 4.69) is 20.3 Å². The lowest BCUT2D eigenvalue weighted by Crippen LogP contribution is -2.44. The Balaban J connectivity index is 1.72. The second kappa shape index (κ2) is 12.0. The molecule has 0 aliphatic carbocycles. The van der Waals surface area contributed by atoms with Crippen LogP contribution in [0.5, 0.6) is 0 Å². The van der Waals surface area contributed by atoms with E-state index in [0.717, 1.165) is 0 Å². The highest BCUT2D eigenvalue weighted by atomic mass is 32.2. The van der Waals surface area contributed by atoms with Crippen LogP contribution in [0.15, 0.2) is 90.5 Å². The zero-order valence-electron chi connectivity index (χ0n) is 21.4. The van der Waals surface area contributed by atoms with Crippen LogP contribution in [0.2, 0.25) is 0 Å². The molecule has 0 saturated heterocycles. The van der Waals surface area contributed by atoms with E-state index in [1.165, 1.54) is 60.0 Å². The second-order valence-electron chi connectivity index (χ2n) is 9.09. The van der Waals surface area contributed by atoms with Crippen molar-refractivity contribution in [2.24, 2.45) is 0 Å². The molecule has 2 aromatic heterocycles. The molecule has 0 aliphatic heterocycles. The number of anilines is 1. The van der Waals surface area contributed by atoms with Gasteiger partial charge in [-0.15, -0.1) is 0 Å². The minimum Gasteiger partial charge on any atom is -0.354 e. The maximum absolute atomic E-state index is 13.7. The van der Waals surface area contributed by atoms with Crippen LogP contribution in [0.1, 0.15) is 41.5 Å². The van der Waals surface area contributed by atoms with E-state index < -0.39 is 32.9 Å². The maximum Gasteiger partial charge on any atom is 0.277 e. The van der Waals surface area contributed by atoms with E-state index in [0.29, 0.717) is 23.2 Å². The number of pyridine rings is 1. The van der Waals surface area contributed by atoms with Crippen LogP contribution >= 0.6 is 0 Å². The molecule has 0 fully saturated rings. The number of hydrogen-bond donors (Lipinski definition) is 2. The van der Waals surface area contributed by atoms with E-state index in [-0.39, 0.29) is 23.0 Å². The molecular formula is C28H28FN5O4S. The van der Waals surface area contributed by atoms with Gasteiger partial charge in [0.25, 0.3) is 5.91 Å². The van der Waals surface area contributed by atoms with Crippen molar-refractivity contribution in [1.29, 1.82) is 0 Å². The first-order chi connectivity index (χ1) is 18.7. The van der Waals surface area contributed by atoms with Crippen molar-refractivity contribution in [2.45, 2.75) is 36.5 Å². The summed E-state index contributed by atoms with van der Waals surface area (Å²) in [5.74, 6) is -1.42. The van der Waals surface area contributed by atoms with Gasteiger partial charge in [0.1, 0.15) is 17.6 Å². The number of imidazole rings is 1. The summed E-state index contributed by atoms with van der Waals surface area (Å²) in [5.41, 5.74) is 1.58. The highest BCUT2D eigenvalue weighted by Crippen LogP contribution is 2.30. The number of halogens is 1. The summed E-state index contributed by atoms with van der Waals surface area (Å²) in [4.78, 5) is 39.6. The quantitative estimate of drug-likeness (QED) is 0.309. The standard InChI is InChI=1S/C28H28FN5O4S/c1-19(2)39(37,38)24-10-8-23(9-11-24)34(28(36)25-17-31-18-33-25)26(21-6-4-13-30-16-21)27(35)32-14-12-20-5-3-7-22(29)15-20/h3-11,13,15-19,26H,12,14H2,1-2H3,(H,31,33)(H,32,35). The molecule has 0 radical (unpaired) electrons. The molecule has 1 atom stereocenters. The molecule has 4 aromatic rings. The van der Waals surface area contributed by atoms with Crippen LogP contribution in [0.4, 0.5) is 10.1 Å². The van der Waals surface area contributed by atoms with Crippen molar-refractivity contribution in [3.8, 4) is 0 Å². The van der Waals surface area contributed by atoms with Crippen molar-refractivity contribution in [1.82, 2.24) is 20.3 Å². The van der Waals surface area contributed by atoms with Gasteiger partial charge in [0, 0.05) is 30.2 Å². The van der Waals surface area contributed by atoms with Gasteiger partial charge in [0.15, 0.2) is 9.84 Å². The Morgan fingerprint density at radius 1 is 1.03 bits per heavy atom. The van der Waals surface area contributed by atoms with Gasteiger partial charge < -0.3 is 10.3 Å².